The van der Waals surface area contributed by atoms with Crippen LogP contribution in [0.2, 0.25) is 0 Å². The molecule has 0 amide bonds. The highest BCUT2D eigenvalue weighted by Crippen LogP contribution is 2.31. The minimum atomic E-state index is 0.0337. The van der Waals surface area contributed by atoms with E-state index in [9.17, 15) is 0 Å². The van der Waals surface area contributed by atoms with E-state index in [0.717, 1.165) is 5.69 Å². The van der Waals surface area contributed by atoms with E-state index in [1.807, 2.05) is 11.7 Å². The summed E-state index contributed by atoms with van der Waals surface area (Å²) in [6.07, 6.45) is 2.13. The second kappa shape index (κ2) is 6.27. The predicted molar refractivity (Wildman–Crippen MR) is 85.8 cm³/mol. The zero-order valence-corrected chi connectivity index (χ0v) is 14.4. The van der Waals surface area contributed by atoms with E-state index in [1.54, 1.807) is 0 Å². The summed E-state index contributed by atoms with van der Waals surface area (Å²) < 4.78 is 1.91. The van der Waals surface area contributed by atoms with Crippen molar-refractivity contribution in [3.63, 3.8) is 0 Å². The van der Waals surface area contributed by atoms with Crippen LogP contribution in [-0.4, -0.2) is 34.3 Å². The molecule has 2 atom stereocenters. The summed E-state index contributed by atoms with van der Waals surface area (Å²) in [7, 11) is 4.15. The van der Waals surface area contributed by atoms with Crippen molar-refractivity contribution in [3.8, 4) is 0 Å². The summed E-state index contributed by atoms with van der Waals surface area (Å²) in [5.41, 5.74) is 8.53. The maximum atomic E-state index is 6.09. The highest BCUT2D eigenvalue weighted by atomic mass is 15.3. The Kier molecular flexibility index (Phi) is 5.39. The molecule has 20 heavy (non-hydrogen) atoms. The molecule has 0 fully saturated rings. The topological polar surface area (TPSA) is 47.1 Å². The Hall–Kier alpha value is -0.870. The van der Waals surface area contributed by atoms with E-state index in [4.69, 9.17) is 5.73 Å². The average Bonchev–Trinajstić information content (AvgIpc) is 2.70. The van der Waals surface area contributed by atoms with Crippen LogP contribution in [-0.2, 0) is 12.5 Å². The van der Waals surface area contributed by atoms with Crippen LogP contribution in [0.15, 0.2) is 6.20 Å². The Bertz CT molecular complexity index is 428. The van der Waals surface area contributed by atoms with Crippen molar-refractivity contribution in [1.29, 1.82) is 0 Å². The number of nitrogens with two attached hydrogens (primary N) is 1. The molecule has 0 aromatic carbocycles. The van der Waals surface area contributed by atoms with Crippen molar-refractivity contribution in [2.75, 3.05) is 13.6 Å². The second-order valence-corrected chi connectivity index (χ2v) is 7.26. The fourth-order valence-electron chi connectivity index (χ4n) is 2.60. The van der Waals surface area contributed by atoms with Gasteiger partial charge in [0.05, 0.1) is 11.7 Å². The molecule has 0 radical (unpaired) electrons. The number of aromatic nitrogens is 2. The first kappa shape index (κ1) is 17.2. The van der Waals surface area contributed by atoms with Crippen molar-refractivity contribution < 1.29 is 0 Å². The zero-order chi connectivity index (χ0) is 15.7. The Morgan fingerprint density at radius 2 is 1.85 bits per heavy atom. The summed E-state index contributed by atoms with van der Waals surface area (Å²) in [6.45, 7) is 14.0. The molecule has 0 bridgehead atoms. The van der Waals surface area contributed by atoms with Gasteiger partial charge in [0.1, 0.15) is 0 Å². The lowest BCUT2D eigenvalue weighted by Gasteiger charge is -2.35. The molecule has 0 aliphatic heterocycles. The molecule has 116 valence electrons. The molecule has 1 heterocycles. The van der Waals surface area contributed by atoms with Crippen LogP contribution in [0.4, 0.5) is 0 Å². The SMILES string of the molecule is CC(C)C(C)N(C)C(CN)c1cn(C)nc1C(C)(C)C. The molecule has 0 saturated carbocycles. The quantitative estimate of drug-likeness (QED) is 0.902. The van der Waals surface area contributed by atoms with Crippen LogP contribution in [0.25, 0.3) is 0 Å². The van der Waals surface area contributed by atoms with Crippen LogP contribution < -0.4 is 5.73 Å². The third-order valence-electron chi connectivity index (χ3n) is 4.25. The van der Waals surface area contributed by atoms with Gasteiger partial charge in [-0.3, -0.25) is 9.58 Å². The van der Waals surface area contributed by atoms with Crippen molar-refractivity contribution in [2.24, 2.45) is 18.7 Å². The molecule has 1 aromatic heterocycles. The summed E-state index contributed by atoms with van der Waals surface area (Å²) in [6, 6.07) is 0.701. The summed E-state index contributed by atoms with van der Waals surface area (Å²) in [4.78, 5) is 2.39. The molecule has 4 heteroatoms. The number of likely N-dealkylation sites (N-methyl/N-ethyl adjacent to an activating group) is 1. The molecule has 2 N–H and O–H groups in total. The Morgan fingerprint density at radius 1 is 1.30 bits per heavy atom. The van der Waals surface area contributed by atoms with E-state index < -0.39 is 0 Å². The maximum absolute atomic E-state index is 6.09. The summed E-state index contributed by atoms with van der Waals surface area (Å²) in [5, 5.41) is 4.67. The number of hydrogen-bond donors (Lipinski definition) is 1. The van der Waals surface area contributed by atoms with Gasteiger partial charge in [-0.1, -0.05) is 34.6 Å². The highest BCUT2D eigenvalue weighted by Gasteiger charge is 2.30. The molecule has 1 aromatic rings. The lowest BCUT2D eigenvalue weighted by molar-refractivity contribution is 0.150. The normalized spacial score (nSPS) is 15.9. The van der Waals surface area contributed by atoms with Gasteiger partial charge < -0.3 is 5.73 Å². The highest BCUT2D eigenvalue weighted by molar-refractivity contribution is 5.28. The van der Waals surface area contributed by atoms with Gasteiger partial charge in [0, 0.05) is 36.8 Å². The van der Waals surface area contributed by atoms with Crippen molar-refractivity contribution in [2.45, 2.75) is 59.0 Å². The summed E-state index contributed by atoms with van der Waals surface area (Å²) >= 11 is 0. The van der Waals surface area contributed by atoms with E-state index >= 15 is 0 Å². The van der Waals surface area contributed by atoms with Crippen molar-refractivity contribution >= 4 is 0 Å². The van der Waals surface area contributed by atoms with E-state index in [-0.39, 0.29) is 11.5 Å². The van der Waals surface area contributed by atoms with Gasteiger partial charge in [-0.05, 0) is 19.9 Å². The molecule has 0 aliphatic rings. The number of rotatable bonds is 5. The minimum Gasteiger partial charge on any atom is -0.329 e. The number of aryl methyl sites for hydroxylation is 1. The van der Waals surface area contributed by atoms with E-state index in [1.165, 1.54) is 5.56 Å². The predicted octanol–water partition coefficient (Wildman–Crippen LogP) is 2.69. The molecule has 0 spiro atoms. The van der Waals surface area contributed by atoms with Gasteiger partial charge in [-0.25, -0.2) is 0 Å². The third kappa shape index (κ3) is 3.61. The van der Waals surface area contributed by atoms with Crippen molar-refractivity contribution in [3.05, 3.63) is 17.5 Å². The van der Waals surface area contributed by atoms with E-state index in [0.29, 0.717) is 18.5 Å². The van der Waals surface area contributed by atoms with Gasteiger partial charge in [-0.2, -0.15) is 5.10 Å². The van der Waals surface area contributed by atoms with Crippen LogP contribution in [0.5, 0.6) is 0 Å². The average molecular weight is 280 g/mol. The molecular formula is C16H32N4. The lowest BCUT2D eigenvalue weighted by Crippen LogP contribution is -2.40. The molecule has 1 rings (SSSR count). The second-order valence-electron chi connectivity index (χ2n) is 7.26. The van der Waals surface area contributed by atoms with Crippen LogP contribution in [0.1, 0.15) is 58.8 Å². The smallest absolute Gasteiger partial charge is 0.0726 e. The number of hydrogen-bond acceptors (Lipinski definition) is 3. The fraction of sp³-hybridized carbons (Fsp3) is 0.812. The molecular weight excluding hydrogens is 248 g/mol. The first-order valence-electron chi connectivity index (χ1n) is 7.55. The van der Waals surface area contributed by atoms with Gasteiger partial charge in [0.15, 0.2) is 0 Å². The molecule has 4 nitrogen and oxygen atoms in total. The van der Waals surface area contributed by atoms with Crippen LogP contribution in [0, 0.1) is 5.92 Å². The van der Waals surface area contributed by atoms with Crippen LogP contribution >= 0.6 is 0 Å². The standard InChI is InChI=1S/C16H32N4/c1-11(2)12(3)20(8)14(9-17)13-10-19(7)18-15(13)16(4,5)6/h10-12,14H,9,17H2,1-8H3. The first-order valence-corrected chi connectivity index (χ1v) is 7.55. The Labute approximate surface area is 124 Å². The van der Waals surface area contributed by atoms with Crippen molar-refractivity contribution in [1.82, 2.24) is 14.7 Å². The van der Waals surface area contributed by atoms with Gasteiger partial charge in [0.25, 0.3) is 0 Å². The molecule has 0 saturated heterocycles. The molecule has 2 unspecified atom stereocenters. The molecule has 0 aliphatic carbocycles. The zero-order valence-electron chi connectivity index (χ0n) is 14.4. The Balaban J connectivity index is 3.19. The maximum Gasteiger partial charge on any atom is 0.0726 e. The van der Waals surface area contributed by atoms with E-state index in [2.05, 4.69) is 64.8 Å². The van der Waals surface area contributed by atoms with Crippen LogP contribution in [0.3, 0.4) is 0 Å². The third-order valence-corrected chi connectivity index (χ3v) is 4.25. The van der Waals surface area contributed by atoms with Gasteiger partial charge in [-0.15, -0.1) is 0 Å². The largest absolute Gasteiger partial charge is 0.329 e. The van der Waals surface area contributed by atoms with Gasteiger partial charge >= 0.3 is 0 Å². The van der Waals surface area contributed by atoms with Gasteiger partial charge in [0.2, 0.25) is 0 Å². The fourth-order valence-corrected chi connectivity index (χ4v) is 2.60. The summed E-state index contributed by atoms with van der Waals surface area (Å²) in [5.74, 6) is 0.601. The number of nitrogens with zero attached hydrogens (tertiary/aromatic N) is 3. The lowest BCUT2D eigenvalue weighted by atomic mass is 9.86. The monoisotopic (exact) mass is 280 g/mol. The Morgan fingerprint density at radius 3 is 2.25 bits per heavy atom. The minimum absolute atomic E-state index is 0.0337. The first-order chi connectivity index (χ1) is 9.09.